The molecule has 2 aliphatic rings. The number of hydrogen-bond donors (Lipinski definition) is 1. The molecule has 11 nitrogen and oxygen atoms in total. The van der Waals surface area contributed by atoms with Crippen LogP contribution in [0.1, 0.15) is 32.6 Å². The Morgan fingerprint density at radius 2 is 1.94 bits per heavy atom. The van der Waals surface area contributed by atoms with Crippen LogP contribution < -0.4 is 4.90 Å². The molecule has 0 saturated carbocycles. The van der Waals surface area contributed by atoms with Gasteiger partial charge in [-0.2, -0.15) is 0 Å². The first kappa shape index (κ1) is 24.8. The molecule has 33 heavy (non-hydrogen) atoms. The molecule has 0 aromatic carbocycles. The molecule has 0 bridgehead atoms. The second kappa shape index (κ2) is 12.4. The highest BCUT2D eigenvalue weighted by molar-refractivity contribution is 5.89. The van der Waals surface area contributed by atoms with E-state index in [4.69, 9.17) is 4.74 Å². The standard InChI is InChI=1S/C22H34N6O5/c1-2-3-4-6-18(15-27(32)17-29)20(30)28-13-14-33-16-19(28)21(31)25-9-11-26(12-10-25)22-23-7-5-8-24-22/h5,7-8,17-19,32H,2-4,6,9-16H2,1H3/t18-,19-/m1/s1. The van der Waals surface area contributed by atoms with Crippen LogP contribution >= 0.6 is 0 Å². The third kappa shape index (κ3) is 6.61. The fourth-order valence-electron chi connectivity index (χ4n) is 4.30. The zero-order chi connectivity index (χ0) is 23.6. The molecule has 2 aliphatic heterocycles. The number of ether oxygens (including phenoxy) is 1. The molecule has 2 saturated heterocycles. The normalized spacial score (nSPS) is 19.8. The smallest absolute Gasteiger partial charge is 0.247 e. The van der Waals surface area contributed by atoms with Gasteiger partial charge >= 0.3 is 0 Å². The van der Waals surface area contributed by atoms with E-state index in [1.165, 1.54) is 0 Å². The minimum Gasteiger partial charge on any atom is -0.377 e. The lowest BCUT2D eigenvalue weighted by molar-refractivity contribution is -0.164. The minimum absolute atomic E-state index is 0.0833. The second-order valence-corrected chi connectivity index (χ2v) is 8.40. The van der Waals surface area contributed by atoms with Crippen molar-refractivity contribution in [3.63, 3.8) is 0 Å². The lowest BCUT2D eigenvalue weighted by atomic mass is 9.98. The number of piperazine rings is 1. The first-order valence-electron chi connectivity index (χ1n) is 11.6. The van der Waals surface area contributed by atoms with E-state index in [1.54, 1.807) is 28.3 Å². The summed E-state index contributed by atoms with van der Waals surface area (Å²) >= 11 is 0. The Morgan fingerprint density at radius 3 is 2.61 bits per heavy atom. The van der Waals surface area contributed by atoms with Gasteiger partial charge in [0, 0.05) is 45.1 Å². The number of rotatable bonds is 10. The number of unbranched alkanes of at least 4 members (excludes halogenated alkanes) is 2. The molecule has 11 heteroatoms. The average Bonchev–Trinajstić information content (AvgIpc) is 2.88. The largest absolute Gasteiger partial charge is 0.377 e. The Hall–Kier alpha value is -2.79. The van der Waals surface area contributed by atoms with Crippen LogP contribution in [0, 0.1) is 5.92 Å². The molecule has 0 aliphatic carbocycles. The van der Waals surface area contributed by atoms with Crippen molar-refractivity contribution in [1.29, 1.82) is 0 Å². The summed E-state index contributed by atoms with van der Waals surface area (Å²) in [6.07, 6.45) is 7.00. The van der Waals surface area contributed by atoms with Gasteiger partial charge in [0.1, 0.15) is 6.04 Å². The van der Waals surface area contributed by atoms with Crippen LogP contribution in [-0.2, 0) is 19.1 Å². The van der Waals surface area contributed by atoms with Gasteiger partial charge in [0.25, 0.3) is 0 Å². The van der Waals surface area contributed by atoms with E-state index in [1.807, 2.05) is 4.90 Å². The van der Waals surface area contributed by atoms with Crippen LogP contribution in [0.15, 0.2) is 18.5 Å². The number of hydroxylamine groups is 2. The minimum atomic E-state index is -0.706. The lowest BCUT2D eigenvalue weighted by Crippen LogP contribution is -2.61. The van der Waals surface area contributed by atoms with Crippen LogP contribution in [0.4, 0.5) is 5.95 Å². The Morgan fingerprint density at radius 1 is 1.21 bits per heavy atom. The van der Waals surface area contributed by atoms with Gasteiger partial charge < -0.3 is 19.4 Å². The monoisotopic (exact) mass is 462 g/mol. The summed E-state index contributed by atoms with van der Waals surface area (Å²) in [5, 5.41) is 10.2. The predicted molar refractivity (Wildman–Crippen MR) is 119 cm³/mol. The fourth-order valence-corrected chi connectivity index (χ4v) is 4.30. The summed E-state index contributed by atoms with van der Waals surface area (Å²) in [6.45, 7) is 5.02. The maximum absolute atomic E-state index is 13.4. The van der Waals surface area contributed by atoms with Gasteiger partial charge in [-0.15, -0.1) is 0 Å². The maximum atomic E-state index is 13.4. The Kier molecular flexibility index (Phi) is 9.37. The van der Waals surface area contributed by atoms with E-state index in [0.29, 0.717) is 63.2 Å². The van der Waals surface area contributed by atoms with E-state index < -0.39 is 12.0 Å². The lowest BCUT2D eigenvalue weighted by Gasteiger charge is -2.41. The van der Waals surface area contributed by atoms with Gasteiger partial charge in [0.05, 0.1) is 25.7 Å². The molecule has 182 valence electrons. The summed E-state index contributed by atoms with van der Waals surface area (Å²) in [6, 6.07) is 1.06. The molecule has 2 fully saturated rings. The van der Waals surface area contributed by atoms with Crippen LogP contribution in [0.5, 0.6) is 0 Å². The number of carbonyl (C=O) groups excluding carboxylic acids is 3. The Balaban J connectivity index is 1.64. The summed E-state index contributed by atoms with van der Waals surface area (Å²) in [5.41, 5.74) is 0. The van der Waals surface area contributed by atoms with E-state index in [2.05, 4.69) is 16.9 Å². The van der Waals surface area contributed by atoms with Crippen LogP contribution in [0.3, 0.4) is 0 Å². The van der Waals surface area contributed by atoms with Crippen molar-refractivity contribution in [2.75, 3.05) is 57.4 Å². The van der Waals surface area contributed by atoms with Gasteiger partial charge in [-0.1, -0.05) is 26.2 Å². The number of amides is 3. The maximum Gasteiger partial charge on any atom is 0.247 e. The van der Waals surface area contributed by atoms with Crippen molar-refractivity contribution in [3.05, 3.63) is 18.5 Å². The van der Waals surface area contributed by atoms with Crippen molar-refractivity contribution < 1.29 is 24.3 Å². The second-order valence-electron chi connectivity index (χ2n) is 8.40. The highest BCUT2D eigenvalue weighted by atomic mass is 16.5. The molecule has 2 atom stereocenters. The first-order valence-corrected chi connectivity index (χ1v) is 11.6. The molecule has 0 unspecified atom stereocenters. The number of aromatic nitrogens is 2. The molecule has 1 N–H and O–H groups in total. The van der Waals surface area contributed by atoms with Crippen molar-refractivity contribution >= 4 is 24.2 Å². The molecular formula is C22H34N6O5. The molecule has 0 spiro atoms. The SMILES string of the molecule is CCCCC[C@H](CN(O)C=O)C(=O)N1CCOC[C@@H]1C(=O)N1CCN(c2ncccn2)CC1. The van der Waals surface area contributed by atoms with Crippen LogP contribution in [0.2, 0.25) is 0 Å². The van der Waals surface area contributed by atoms with E-state index in [-0.39, 0.29) is 25.0 Å². The van der Waals surface area contributed by atoms with Crippen molar-refractivity contribution in [3.8, 4) is 0 Å². The number of anilines is 1. The van der Waals surface area contributed by atoms with E-state index in [9.17, 15) is 19.6 Å². The molecule has 3 amide bonds. The Labute approximate surface area is 194 Å². The zero-order valence-corrected chi connectivity index (χ0v) is 19.2. The number of carbonyl (C=O) groups is 3. The third-order valence-corrected chi connectivity index (χ3v) is 6.16. The van der Waals surface area contributed by atoms with Gasteiger partial charge in [-0.05, 0) is 12.5 Å². The quantitative estimate of drug-likeness (QED) is 0.230. The van der Waals surface area contributed by atoms with E-state index in [0.717, 1.165) is 19.3 Å². The average molecular weight is 463 g/mol. The van der Waals surface area contributed by atoms with Crippen molar-refractivity contribution in [1.82, 2.24) is 24.8 Å². The van der Waals surface area contributed by atoms with Gasteiger partial charge in [0.2, 0.25) is 24.2 Å². The first-order chi connectivity index (χ1) is 16.0. The van der Waals surface area contributed by atoms with Crippen LogP contribution in [0.25, 0.3) is 0 Å². The number of hydrogen-bond acceptors (Lipinski definition) is 8. The topological polar surface area (TPSA) is 119 Å². The summed E-state index contributed by atoms with van der Waals surface area (Å²) < 4.78 is 5.56. The van der Waals surface area contributed by atoms with Crippen LogP contribution in [-0.4, -0.2) is 107 Å². The molecule has 1 aromatic rings. The molecule has 3 heterocycles. The molecule has 3 rings (SSSR count). The summed E-state index contributed by atoms with van der Waals surface area (Å²) in [4.78, 5) is 51.6. The third-order valence-electron chi connectivity index (χ3n) is 6.16. The van der Waals surface area contributed by atoms with Crippen molar-refractivity contribution in [2.45, 2.75) is 38.6 Å². The molecular weight excluding hydrogens is 428 g/mol. The summed E-state index contributed by atoms with van der Waals surface area (Å²) in [5.74, 6) is -0.279. The zero-order valence-electron chi connectivity index (χ0n) is 19.2. The summed E-state index contributed by atoms with van der Waals surface area (Å²) in [7, 11) is 0. The Bertz CT molecular complexity index is 774. The van der Waals surface area contributed by atoms with Gasteiger partial charge in [-0.25, -0.2) is 15.0 Å². The molecule has 0 radical (unpaired) electrons. The number of nitrogens with zero attached hydrogens (tertiary/aromatic N) is 6. The highest BCUT2D eigenvalue weighted by Crippen LogP contribution is 2.20. The highest BCUT2D eigenvalue weighted by Gasteiger charge is 2.39. The predicted octanol–water partition coefficient (Wildman–Crippen LogP) is 0.397. The van der Waals surface area contributed by atoms with Gasteiger partial charge in [-0.3, -0.25) is 19.6 Å². The molecule has 1 aromatic heterocycles. The van der Waals surface area contributed by atoms with Crippen molar-refractivity contribution in [2.24, 2.45) is 5.92 Å². The van der Waals surface area contributed by atoms with Gasteiger partial charge in [0.15, 0.2) is 0 Å². The van der Waals surface area contributed by atoms with E-state index >= 15 is 0 Å². The number of morpholine rings is 1. The fraction of sp³-hybridized carbons (Fsp3) is 0.682.